The lowest BCUT2D eigenvalue weighted by molar-refractivity contribution is -0.122. The number of aromatic carboxylic acids is 1. The van der Waals surface area contributed by atoms with Gasteiger partial charge in [-0.3, -0.25) is 14.7 Å². The second-order valence-corrected chi connectivity index (χ2v) is 8.83. The van der Waals surface area contributed by atoms with Crippen molar-refractivity contribution in [2.45, 2.75) is 27.4 Å². The molecule has 2 aromatic rings. The van der Waals surface area contributed by atoms with E-state index in [0.717, 1.165) is 11.1 Å². The number of hydrogen-bond acceptors (Lipinski definition) is 6. The largest absolute Gasteiger partial charge is 0.490 e. The van der Waals surface area contributed by atoms with E-state index in [9.17, 15) is 9.59 Å². The molecular formula is C24H25BrN2O5S. The molecule has 9 heteroatoms. The van der Waals surface area contributed by atoms with E-state index in [0.29, 0.717) is 45.7 Å². The number of carboxylic acid groups (broad SMARTS) is 1. The van der Waals surface area contributed by atoms with Crippen LogP contribution in [-0.4, -0.2) is 46.7 Å². The molecule has 0 saturated carbocycles. The molecule has 3 rings (SSSR count). The number of carbonyl (C=O) groups excluding carboxylic acids is 1. The van der Waals surface area contributed by atoms with Crippen molar-refractivity contribution in [3.8, 4) is 11.5 Å². The van der Waals surface area contributed by atoms with Gasteiger partial charge in [0.15, 0.2) is 16.7 Å². The van der Waals surface area contributed by atoms with Crippen LogP contribution in [0.4, 0.5) is 0 Å². The van der Waals surface area contributed by atoms with Crippen molar-refractivity contribution in [1.29, 1.82) is 0 Å². The Morgan fingerprint density at radius 3 is 2.52 bits per heavy atom. The van der Waals surface area contributed by atoms with Gasteiger partial charge in [-0.05, 0) is 89.9 Å². The van der Waals surface area contributed by atoms with E-state index in [-0.39, 0.29) is 18.1 Å². The zero-order chi connectivity index (χ0) is 24.0. The van der Waals surface area contributed by atoms with Crippen molar-refractivity contribution in [1.82, 2.24) is 4.90 Å². The van der Waals surface area contributed by atoms with Crippen LogP contribution >= 0.6 is 27.7 Å². The zero-order valence-corrected chi connectivity index (χ0v) is 21.0. The van der Waals surface area contributed by atoms with Crippen molar-refractivity contribution in [3.63, 3.8) is 0 Å². The normalized spacial score (nSPS) is 16.0. The number of nitrogens with zero attached hydrogens (tertiary/aromatic N) is 2. The van der Waals surface area contributed by atoms with Crippen LogP contribution in [0, 0.1) is 0 Å². The first kappa shape index (κ1) is 24.9. The summed E-state index contributed by atoms with van der Waals surface area (Å²) < 4.78 is 12.5. The Morgan fingerprint density at radius 2 is 1.91 bits per heavy atom. The summed E-state index contributed by atoms with van der Waals surface area (Å²) in [7, 11) is 0. The predicted octanol–water partition coefficient (Wildman–Crippen LogP) is 5.44. The number of aliphatic imine (C=N–C) groups is 1. The Balaban J connectivity index is 1.85. The van der Waals surface area contributed by atoms with Gasteiger partial charge >= 0.3 is 5.97 Å². The molecule has 1 aliphatic rings. The van der Waals surface area contributed by atoms with Gasteiger partial charge in [0.1, 0.15) is 6.61 Å². The fraction of sp³-hybridized carbons (Fsp3) is 0.292. The van der Waals surface area contributed by atoms with E-state index in [1.54, 1.807) is 29.2 Å². The Hall–Kier alpha value is -2.78. The second-order valence-electron chi connectivity index (χ2n) is 6.97. The molecule has 33 heavy (non-hydrogen) atoms. The Morgan fingerprint density at radius 1 is 1.18 bits per heavy atom. The topological polar surface area (TPSA) is 88.4 Å². The van der Waals surface area contributed by atoms with E-state index in [1.165, 1.54) is 11.8 Å². The van der Waals surface area contributed by atoms with Gasteiger partial charge in [0.05, 0.1) is 21.5 Å². The third-order valence-corrected chi connectivity index (χ3v) is 6.34. The first-order valence-electron chi connectivity index (χ1n) is 10.5. The number of carboxylic acids is 1. The number of halogens is 1. The molecule has 174 valence electrons. The minimum absolute atomic E-state index is 0.0612. The second kappa shape index (κ2) is 11.4. The molecule has 1 saturated heterocycles. The predicted molar refractivity (Wildman–Crippen MR) is 134 cm³/mol. The molecule has 0 atom stereocenters. The molecule has 0 radical (unpaired) electrons. The fourth-order valence-corrected chi connectivity index (χ4v) is 4.84. The molecular weight excluding hydrogens is 508 g/mol. The number of hydrogen-bond donors (Lipinski definition) is 1. The molecule has 7 nitrogen and oxygen atoms in total. The minimum atomic E-state index is -0.970. The van der Waals surface area contributed by atoms with Gasteiger partial charge in [-0.1, -0.05) is 12.1 Å². The molecule has 1 N–H and O–H groups in total. The lowest BCUT2D eigenvalue weighted by atomic mass is 10.1. The lowest BCUT2D eigenvalue weighted by Gasteiger charge is -2.15. The molecule has 1 heterocycles. The van der Waals surface area contributed by atoms with Crippen LogP contribution in [0.25, 0.3) is 6.08 Å². The van der Waals surface area contributed by atoms with Crippen LogP contribution in [0.15, 0.2) is 50.8 Å². The smallest absolute Gasteiger partial charge is 0.335 e. The quantitative estimate of drug-likeness (QED) is 0.432. The van der Waals surface area contributed by atoms with E-state index < -0.39 is 5.97 Å². The first-order valence-corrected chi connectivity index (χ1v) is 12.2. The van der Waals surface area contributed by atoms with Gasteiger partial charge < -0.3 is 14.6 Å². The van der Waals surface area contributed by atoms with Gasteiger partial charge in [-0.2, -0.15) is 0 Å². The van der Waals surface area contributed by atoms with Crippen molar-refractivity contribution >= 4 is 50.8 Å². The summed E-state index contributed by atoms with van der Waals surface area (Å²) in [5, 5.41) is 9.76. The molecule has 1 fully saturated rings. The van der Waals surface area contributed by atoms with Crippen LogP contribution in [0.1, 0.15) is 42.3 Å². The summed E-state index contributed by atoms with van der Waals surface area (Å²) in [5.41, 5.74) is 1.85. The maximum Gasteiger partial charge on any atom is 0.335 e. The van der Waals surface area contributed by atoms with Crippen LogP contribution in [0.2, 0.25) is 0 Å². The van der Waals surface area contributed by atoms with Gasteiger partial charge in [0, 0.05) is 13.1 Å². The highest BCUT2D eigenvalue weighted by atomic mass is 79.9. The van der Waals surface area contributed by atoms with E-state index >= 15 is 0 Å². The molecule has 2 aromatic carbocycles. The number of ether oxygens (including phenoxy) is 2. The molecule has 1 aliphatic heterocycles. The summed E-state index contributed by atoms with van der Waals surface area (Å²) in [6.45, 7) is 7.63. The molecule has 0 spiro atoms. The summed E-state index contributed by atoms with van der Waals surface area (Å²) in [4.78, 5) is 30.5. The summed E-state index contributed by atoms with van der Waals surface area (Å²) in [6, 6.07) is 10.2. The maximum absolute atomic E-state index is 12.8. The molecule has 0 aromatic heterocycles. The van der Waals surface area contributed by atoms with Crippen molar-refractivity contribution in [2.24, 2.45) is 4.99 Å². The lowest BCUT2D eigenvalue weighted by Crippen LogP contribution is -2.28. The standard InChI is InChI=1S/C24H25BrN2O5S/c1-4-26-24-27(5-2)22(28)20(33-24)13-16-11-18(25)21(19(12-16)31-6-3)32-14-15-7-9-17(10-8-15)23(29)30/h7-13H,4-6,14H2,1-3H3,(H,29,30). The van der Waals surface area contributed by atoms with Crippen molar-refractivity contribution in [3.05, 3.63) is 62.5 Å². The minimum Gasteiger partial charge on any atom is -0.490 e. The van der Waals surface area contributed by atoms with E-state index in [1.807, 2.05) is 39.0 Å². The fourth-order valence-electron chi connectivity index (χ4n) is 3.16. The summed E-state index contributed by atoms with van der Waals surface area (Å²) >= 11 is 4.93. The summed E-state index contributed by atoms with van der Waals surface area (Å²) in [5.74, 6) is 0.0535. The number of amidine groups is 1. The number of rotatable bonds is 9. The number of likely N-dealkylation sites (N-methyl/N-ethyl adjacent to an activating group) is 1. The first-order chi connectivity index (χ1) is 15.9. The van der Waals surface area contributed by atoms with E-state index in [2.05, 4.69) is 20.9 Å². The molecule has 0 aliphatic carbocycles. The SMILES string of the molecule is CCN=C1SC(=Cc2cc(Br)c(OCc3ccc(C(=O)O)cc3)c(OCC)c2)C(=O)N1CC. The van der Waals surface area contributed by atoms with Gasteiger partial charge in [-0.25, -0.2) is 4.79 Å². The zero-order valence-electron chi connectivity index (χ0n) is 18.6. The highest BCUT2D eigenvalue weighted by molar-refractivity contribution is 9.10. The average Bonchev–Trinajstić information content (AvgIpc) is 3.07. The highest BCUT2D eigenvalue weighted by Crippen LogP contribution is 2.39. The van der Waals surface area contributed by atoms with Crippen LogP contribution < -0.4 is 9.47 Å². The number of thioether (sulfide) groups is 1. The Bertz CT molecular complexity index is 1100. The molecule has 1 amide bonds. The number of carbonyl (C=O) groups is 2. The van der Waals surface area contributed by atoms with Gasteiger partial charge in [-0.15, -0.1) is 0 Å². The van der Waals surface area contributed by atoms with Crippen molar-refractivity contribution < 1.29 is 24.2 Å². The van der Waals surface area contributed by atoms with Crippen LogP contribution in [0.3, 0.4) is 0 Å². The van der Waals surface area contributed by atoms with E-state index in [4.69, 9.17) is 14.6 Å². The third-order valence-electron chi connectivity index (χ3n) is 4.71. The monoisotopic (exact) mass is 532 g/mol. The van der Waals surface area contributed by atoms with Gasteiger partial charge in [0.25, 0.3) is 5.91 Å². The maximum atomic E-state index is 12.8. The molecule has 0 bridgehead atoms. The Labute approximate surface area is 205 Å². The Kier molecular flexibility index (Phi) is 8.57. The number of benzene rings is 2. The highest BCUT2D eigenvalue weighted by Gasteiger charge is 2.32. The average molecular weight is 533 g/mol. The van der Waals surface area contributed by atoms with Crippen LogP contribution in [-0.2, 0) is 11.4 Å². The van der Waals surface area contributed by atoms with Crippen LogP contribution in [0.5, 0.6) is 11.5 Å². The van der Waals surface area contributed by atoms with Crippen molar-refractivity contribution in [2.75, 3.05) is 19.7 Å². The molecule has 0 unspecified atom stereocenters. The summed E-state index contributed by atoms with van der Waals surface area (Å²) in [6.07, 6.45) is 1.83. The van der Waals surface area contributed by atoms with Gasteiger partial charge in [0.2, 0.25) is 0 Å². The third kappa shape index (κ3) is 5.97. The number of amides is 1.